The van der Waals surface area contributed by atoms with Crippen LogP contribution in [0.5, 0.6) is 5.75 Å². The molecule has 0 aliphatic carbocycles. The monoisotopic (exact) mass is 493 g/mol. The molecule has 1 aromatic heterocycles. The van der Waals surface area contributed by atoms with Crippen molar-refractivity contribution < 1.29 is 22.9 Å². The molecule has 2 aliphatic heterocycles. The normalized spacial score (nSPS) is 18.7. The molecule has 2 bridgehead atoms. The van der Waals surface area contributed by atoms with E-state index in [0.717, 1.165) is 23.2 Å². The minimum atomic E-state index is -2.97. The summed E-state index contributed by atoms with van der Waals surface area (Å²) in [7, 11) is -1.40. The molecule has 1 amide bonds. The first-order valence-electron chi connectivity index (χ1n) is 11.2. The van der Waals surface area contributed by atoms with Crippen LogP contribution in [0.25, 0.3) is 22.2 Å². The molecule has 4 aromatic rings. The Bertz CT molecular complexity index is 1610. The first-order chi connectivity index (χ1) is 16.7. The van der Waals surface area contributed by atoms with Crippen LogP contribution in [-0.4, -0.2) is 35.9 Å². The first-order valence-corrected chi connectivity index (χ1v) is 13.8. The summed E-state index contributed by atoms with van der Waals surface area (Å²) in [6, 6.07) is 12.3. The number of methoxy groups -OCH3 is 1. The zero-order valence-corrected chi connectivity index (χ0v) is 20.2. The minimum absolute atomic E-state index is 0.0848. The molecule has 0 saturated heterocycles. The fraction of sp³-hybridized carbons (Fsp3) is 0.231. The predicted octanol–water partition coefficient (Wildman–Crippen LogP) is 5.02. The Balaban J connectivity index is 1.55. The zero-order chi connectivity index (χ0) is 24.6. The zero-order valence-electron chi connectivity index (χ0n) is 19.3. The number of rotatable bonds is 3. The molecule has 3 aromatic carbocycles. The van der Waals surface area contributed by atoms with E-state index in [1.54, 1.807) is 37.4 Å². The van der Waals surface area contributed by atoms with Gasteiger partial charge in [-0.3, -0.25) is 4.79 Å². The van der Waals surface area contributed by atoms with E-state index in [1.807, 2.05) is 6.07 Å². The van der Waals surface area contributed by atoms with Crippen molar-refractivity contribution in [1.29, 1.82) is 0 Å². The van der Waals surface area contributed by atoms with E-state index in [0.29, 0.717) is 34.6 Å². The molecule has 3 heterocycles. The molecule has 2 unspecified atom stereocenters. The van der Waals surface area contributed by atoms with Crippen LogP contribution in [0.4, 0.5) is 8.78 Å². The second-order valence-electron chi connectivity index (χ2n) is 9.38. The second kappa shape index (κ2) is 7.49. The van der Waals surface area contributed by atoms with Gasteiger partial charge in [-0.1, -0.05) is 12.1 Å². The van der Waals surface area contributed by atoms with E-state index in [2.05, 4.69) is 9.88 Å². The number of hydrogen-bond acceptors (Lipinski definition) is 4. The summed E-state index contributed by atoms with van der Waals surface area (Å²) >= 11 is 0. The highest BCUT2D eigenvalue weighted by Gasteiger charge is 2.42. The largest absolute Gasteiger partial charge is 0.496 e. The third-order valence-electron chi connectivity index (χ3n) is 6.90. The Morgan fingerprint density at radius 3 is 2.63 bits per heavy atom. The van der Waals surface area contributed by atoms with Gasteiger partial charge in [-0.05, 0) is 61.7 Å². The molecule has 2 atom stereocenters. The molecule has 0 saturated carbocycles. The van der Waals surface area contributed by atoms with Crippen LogP contribution in [0, 0.1) is 11.6 Å². The van der Waals surface area contributed by atoms with Crippen LogP contribution in [0.3, 0.4) is 0 Å². The molecule has 0 radical (unpaired) electrons. The highest BCUT2D eigenvalue weighted by Crippen LogP contribution is 2.47. The van der Waals surface area contributed by atoms with Gasteiger partial charge in [0.1, 0.15) is 30.4 Å². The van der Waals surface area contributed by atoms with Crippen molar-refractivity contribution in [2.45, 2.75) is 18.5 Å². The lowest BCUT2D eigenvalue weighted by Crippen LogP contribution is -2.27. The van der Waals surface area contributed by atoms with Gasteiger partial charge in [0.25, 0.3) is 5.91 Å². The van der Waals surface area contributed by atoms with Gasteiger partial charge in [0.15, 0.2) is 0 Å². The van der Waals surface area contributed by atoms with Crippen LogP contribution in [-0.2, 0) is 4.57 Å². The summed E-state index contributed by atoms with van der Waals surface area (Å²) in [5.74, 6) is -0.178. The lowest BCUT2D eigenvalue weighted by atomic mass is 9.97. The van der Waals surface area contributed by atoms with Crippen molar-refractivity contribution in [3.05, 3.63) is 77.1 Å². The molecule has 0 spiro atoms. The predicted molar refractivity (Wildman–Crippen MR) is 130 cm³/mol. The third kappa shape index (κ3) is 3.23. The highest BCUT2D eigenvalue weighted by atomic mass is 31.2. The molecule has 178 valence electrons. The van der Waals surface area contributed by atoms with Gasteiger partial charge in [-0.2, -0.15) is 0 Å². The maximum Gasteiger partial charge on any atom is 0.252 e. The number of halogens is 2. The maximum absolute atomic E-state index is 15.1. The second-order valence-corrected chi connectivity index (χ2v) is 12.6. The number of nitrogens with one attached hydrogen (secondary N) is 1. The molecule has 6 nitrogen and oxygen atoms in total. The van der Waals surface area contributed by atoms with E-state index < -0.39 is 18.8 Å². The molecular weight excluding hydrogens is 471 g/mol. The quantitative estimate of drug-likeness (QED) is 0.407. The summed E-state index contributed by atoms with van der Waals surface area (Å²) in [6.45, 7) is 2.83. The number of imidazole rings is 1. The number of benzene rings is 3. The van der Waals surface area contributed by atoms with Gasteiger partial charge >= 0.3 is 0 Å². The van der Waals surface area contributed by atoms with Crippen molar-refractivity contribution in [3.8, 4) is 16.9 Å². The van der Waals surface area contributed by atoms with Crippen LogP contribution in [0.1, 0.15) is 40.3 Å². The van der Waals surface area contributed by atoms with Crippen molar-refractivity contribution in [2.24, 2.45) is 0 Å². The molecular formula is C26H22F2N3O3P. The Morgan fingerprint density at radius 2 is 1.89 bits per heavy atom. The number of fused-ring (bicyclic) bond motifs is 9. The summed E-state index contributed by atoms with van der Waals surface area (Å²) in [5, 5.41) is 2.96. The van der Waals surface area contributed by atoms with Gasteiger partial charge in [-0.15, -0.1) is 0 Å². The Hall–Kier alpha value is -3.51. The van der Waals surface area contributed by atoms with Crippen molar-refractivity contribution >= 4 is 29.4 Å². The van der Waals surface area contributed by atoms with Crippen LogP contribution in [0.2, 0.25) is 0 Å². The van der Waals surface area contributed by atoms with Crippen molar-refractivity contribution in [3.63, 3.8) is 0 Å². The lowest BCUT2D eigenvalue weighted by Gasteiger charge is -2.20. The van der Waals surface area contributed by atoms with Gasteiger partial charge in [0.2, 0.25) is 0 Å². The number of nitrogens with zero attached hydrogens (tertiary/aromatic N) is 2. The molecule has 9 heteroatoms. The van der Waals surface area contributed by atoms with Crippen LogP contribution in [0.15, 0.2) is 48.5 Å². The average Bonchev–Trinajstić information content (AvgIpc) is 3.31. The van der Waals surface area contributed by atoms with Crippen molar-refractivity contribution in [2.75, 3.05) is 20.4 Å². The lowest BCUT2D eigenvalue weighted by molar-refractivity contribution is 0.0938. The van der Waals surface area contributed by atoms with Gasteiger partial charge in [-0.25, -0.2) is 13.8 Å². The summed E-state index contributed by atoms with van der Waals surface area (Å²) < 4.78 is 49.9. The molecule has 2 aliphatic rings. The number of amides is 1. The van der Waals surface area contributed by atoms with E-state index in [1.165, 1.54) is 13.3 Å². The van der Waals surface area contributed by atoms with E-state index in [9.17, 15) is 13.8 Å². The van der Waals surface area contributed by atoms with E-state index in [-0.39, 0.29) is 28.9 Å². The van der Waals surface area contributed by atoms with Gasteiger partial charge in [0.05, 0.1) is 30.2 Å². The third-order valence-corrected chi connectivity index (χ3v) is 8.40. The molecule has 6 rings (SSSR count). The fourth-order valence-electron chi connectivity index (χ4n) is 5.33. The fourth-order valence-corrected chi connectivity index (χ4v) is 6.33. The smallest absolute Gasteiger partial charge is 0.252 e. The van der Waals surface area contributed by atoms with E-state index >= 15 is 4.39 Å². The van der Waals surface area contributed by atoms with Crippen LogP contribution < -0.4 is 15.4 Å². The standard InChI is InChI=1S/C26H22F2N3O3P/c1-34-22-6-4-5-14-24(22)21-12-19(30-26(14)32)25-29-18-8-7-13(9-20(18)31(21)25)15-10-17(28)23(11-16(15)27)35(2,3)33/h4-11,19,21H,12H2,1-3H3,(H,30,32). The van der Waals surface area contributed by atoms with Crippen LogP contribution >= 0.6 is 7.14 Å². The number of carbonyl (C=O) groups is 1. The van der Waals surface area contributed by atoms with Crippen molar-refractivity contribution in [1.82, 2.24) is 14.9 Å². The molecule has 1 N–H and O–H groups in total. The topological polar surface area (TPSA) is 73.2 Å². The highest BCUT2D eigenvalue weighted by molar-refractivity contribution is 7.70. The summed E-state index contributed by atoms with van der Waals surface area (Å²) in [6.07, 6.45) is 0.613. The maximum atomic E-state index is 15.1. The molecule has 0 fully saturated rings. The first kappa shape index (κ1) is 22.0. The SMILES string of the molecule is COc1cccc2c1C1CC(NC2=O)c2nc3ccc(-c4cc(F)c(P(C)(C)=O)cc4F)cc3n21. The average molecular weight is 493 g/mol. The number of aromatic nitrogens is 2. The Kier molecular flexibility index (Phi) is 4.71. The number of ether oxygens (including phenoxy) is 1. The minimum Gasteiger partial charge on any atom is -0.496 e. The summed E-state index contributed by atoms with van der Waals surface area (Å²) in [4.78, 5) is 17.7. The Morgan fingerprint density at radius 1 is 1.09 bits per heavy atom. The number of carbonyl (C=O) groups excluding carboxylic acids is 1. The van der Waals surface area contributed by atoms with Gasteiger partial charge in [0, 0.05) is 22.0 Å². The number of hydrogen-bond donors (Lipinski definition) is 1. The molecule has 35 heavy (non-hydrogen) atoms. The van der Waals surface area contributed by atoms with Gasteiger partial charge < -0.3 is 19.2 Å². The van der Waals surface area contributed by atoms with E-state index in [4.69, 9.17) is 9.72 Å². The summed E-state index contributed by atoms with van der Waals surface area (Å²) in [5.41, 5.74) is 3.33. The Labute approximate surface area is 200 Å².